The van der Waals surface area contributed by atoms with Gasteiger partial charge in [-0.15, -0.1) is 11.3 Å². The molecule has 106 valence electrons. The summed E-state index contributed by atoms with van der Waals surface area (Å²) in [7, 11) is 0. The molecule has 0 saturated heterocycles. The molecule has 0 radical (unpaired) electrons. The molecule has 0 atom stereocenters. The van der Waals surface area contributed by atoms with E-state index in [1.165, 1.54) is 11.3 Å². The average Bonchev–Trinajstić information content (AvgIpc) is 2.61. The molecule has 0 fully saturated rings. The van der Waals surface area contributed by atoms with Crippen LogP contribution in [0.15, 0.2) is 11.4 Å². The SMILES string of the molecule is CC(C)NC(=O)Nc1sccc1C(=O)OC(C)(C)C. The van der Waals surface area contributed by atoms with Gasteiger partial charge in [0.15, 0.2) is 0 Å². The Morgan fingerprint density at radius 1 is 1.32 bits per heavy atom. The molecule has 0 bridgehead atoms. The molecule has 6 heteroatoms. The van der Waals surface area contributed by atoms with Gasteiger partial charge < -0.3 is 10.1 Å². The van der Waals surface area contributed by atoms with E-state index < -0.39 is 11.6 Å². The van der Waals surface area contributed by atoms with Crippen molar-refractivity contribution in [2.24, 2.45) is 0 Å². The topological polar surface area (TPSA) is 67.4 Å². The molecule has 0 aliphatic rings. The second-order valence-corrected chi connectivity index (χ2v) is 6.33. The molecule has 0 aliphatic carbocycles. The van der Waals surface area contributed by atoms with Crippen LogP contribution < -0.4 is 10.6 Å². The van der Waals surface area contributed by atoms with Crippen LogP contribution >= 0.6 is 11.3 Å². The monoisotopic (exact) mass is 284 g/mol. The molecule has 1 aromatic heterocycles. The van der Waals surface area contributed by atoms with Gasteiger partial charge in [-0.05, 0) is 46.1 Å². The van der Waals surface area contributed by atoms with Gasteiger partial charge in [-0.2, -0.15) is 0 Å². The summed E-state index contributed by atoms with van der Waals surface area (Å²) in [6.07, 6.45) is 0. The summed E-state index contributed by atoms with van der Waals surface area (Å²) in [6, 6.07) is 1.34. The number of hydrogen-bond acceptors (Lipinski definition) is 4. The van der Waals surface area contributed by atoms with Gasteiger partial charge in [0.05, 0.1) is 5.56 Å². The quantitative estimate of drug-likeness (QED) is 0.837. The molecule has 2 amide bonds. The maximum absolute atomic E-state index is 12.0. The van der Waals surface area contributed by atoms with Gasteiger partial charge in [0.2, 0.25) is 0 Å². The first-order valence-corrected chi connectivity index (χ1v) is 6.95. The van der Waals surface area contributed by atoms with Crippen LogP contribution in [0.4, 0.5) is 9.80 Å². The molecule has 0 saturated carbocycles. The normalized spacial score (nSPS) is 11.3. The summed E-state index contributed by atoms with van der Waals surface area (Å²) < 4.78 is 5.28. The highest BCUT2D eigenvalue weighted by Crippen LogP contribution is 2.25. The zero-order chi connectivity index (χ0) is 14.6. The van der Waals surface area contributed by atoms with Crippen molar-refractivity contribution >= 4 is 28.3 Å². The lowest BCUT2D eigenvalue weighted by Crippen LogP contribution is -2.34. The smallest absolute Gasteiger partial charge is 0.341 e. The maximum atomic E-state index is 12.0. The van der Waals surface area contributed by atoms with Crippen molar-refractivity contribution in [3.63, 3.8) is 0 Å². The van der Waals surface area contributed by atoms with Crippen LogP contribution in [-0.4, -0.2) is 23.6 Å². The zero-order valence-corrected chi connectivity index (χ0v) is 12.7. The van der Waals surface area contributed by atoms with Crippen molar-refractivity contribution in [1.29, 1.82) is 0 Å². The molecule has 1 heterocycles. The van der Waals surface area contributed by atoms with Crippen molar-refractivity contribution in [2.45, 2.75) is 46.3 Å². The number of amides is 2. The van der Waals surface area contributed by atoms with E-state index in [-0.39, 0.29) is 12.1 Å². The number of hydrogen-bond donors (Lipinski definition) is 2. The number of thiophene rings is 1. The Hall–Kier alpha value is -1.56. The molecule has 2 N–H and O–H groups in total. The summed E-state index contributed by atoms with van der Waals surface area (Å²) >= 11 is 1.29. The number of carbonyl (C=O) groups excluding carboxylic acids is 2. The third-order valence-corrected chi connectivity index (χ3v) is 2.76. The fourth-order valence-electron chi connectivity index (χ4n) is 1.30. The van der Waals surface area contributed by atoms with Crippen molar-refractivity contribution in [2.75, 3.05) is 5.32 Å². The Balaban J connectivity index is 2.75. The van der Waals surface area contributed by atoms with Crippen LogP contribution in [0.25, 0.3) is 0 Å². The molecule has 0 aromatic carbocycles. The van der Waals surface area contributed by atoms with Crippen LogP contribution in [0.5, 0.6) is 0 Å². The van der Waals surface area contributed by atoms with E-state index >= 15 is 0 Å². The second-order valence-electron chi connectivity index (χ2n) is 5.42. The van der Waals surface area contributed by atoms with Crippen molar-refractivity contribution < 1.29 is 14.3 Å². The summed E-state index contributed by atoms with van der Waals surface area (Å²) in [5, 5.41) is 7.59. The van der Waals surface area contributed by atoms with Crippen LogP contribution in [0.2, 0.25) is 0 Å². The van der Waals surface area contributed by atoms with Crippen molar-refractivity contribution in [3.8, 4) is 0 Å². The fourth-order valence-corrected chi connectivity index (χ4v) is 2.07. The van der Waals surface area contributed by atoms with E-state index in [4.69, 9.17) is 4.74 Å². The number of ether oxygens (including phenoxy) is 1. The Labute approximate surface area is 117 Å². The molecule has 1 rings (SSSR count). The third-order valence-electron chi connectivity index (χ3n) is 1.93. The minimum Gasteiger partial charge on any atom is -0.456 e. The van der Waals surface area contributed by atoms with Gasteiger partial charge in [-0.1, -0.05) is 0 Å². The van der Waals surface area contributed by atoms with Crippen molar-refractivity contribution in [1.82, 2.24) is 5.32 Å². The molecular weight excluding hydrogens is 264 g/mol. The van der Waals surface area contributed by atoms with E-state index in [0.717, 1.165) is 0 Å². The van der Waals surface area contributed by atoms with E-state index in [0.29, 0.717) is 10.6 Å². The lowest BCUT2D eigenvalue weighted by atomic mass is 10.2. The summed E-state index contributed by atoms with van der Waals surface area (Å²) in [5.74, 6) is -0.436. The Bertz CT molecular complexity index is 461. The average molecular weight is 284 g/mol. The number of rotatable bonds is 3. The van der Waals surface area contributed by atoms with E-state index in [1.54, 1.807) is 32.2 Å². The van der Waals surface area contributed by atoms with E-state index in [9.17, 15) is 9.59 Å². The molecular formula is C13H20N2O3S. The molecule has 1 aromatic rings. The number of urea groups is 1. The molecule has 19 heavy (non-hydrogen) atoms. The predicted octanol–water partition coefficient (Wildman–Crippen LogP) is 3.23. The molecule has 0 aliphatic heterocycles. The largest absolute Gasteiger partial charge is 0.456 e. The Kier molecular flexibility index (Phi) is 4.94. The first-order chi connectivity index (χ1) is 8.69. The highest BCUT2D eigenvalue weighted by Gasteiger charge is 2.22. The highest BCUT2D eigenvalue weighted by molar-refractivity contribution is 7.14. The third kappa shape index (κ3) is 5.30. The van der Waals surface area contributed by atoms with Crippen LogP contribution in [0.3, 0.4) is 0 Å². The minimum atomic E-state index is -0.559. The van der Waals surface area contributed by atoms with Gasteiger partial charge >= 0.3 is 12.0 Å². The van der Waals surface area contributed by atoms with Gasteiger partial charge in [0.1, 0.15) is 10.6 Å². The first-order valence-electron chi connectivity index (χ1n) is 6.07. The number of carbonyl (C=O) groups is 2. The molecule has 5 nitrogen and oxygen atoms in total. The van der Waals surface area contributed by atoms with Crippen LogP contribution in [0.1, 0.15) is 45.0 Å². The number of esters is 1. The van der Waals surface area contributed by atoms with Gasteiger partial charge in [0.25, 0.3) is 0 Å². The van der Waals surface area contributed by atoms with E-state index in [2.05, 4.69) is 10.6 Å². The summed E-state index contributed by atoms with van der Waals surface area (Å²) in [5.41, 5.74) is -0.185. The Morgan fingerprint density at radius 2 is 1.95 bits per heavy atom. The minimum absolute atomic E-state index is 0.0324. The standard InChI is InChI=1S/C13H20N2O3S/c1-8(2)14-12(17)15-10-9(6-7-19-10)11(16)18-13(3,4)5/h6-8H,1-5H3,(H2,14,15,17). The van der Waals surface area contributed by atoms with Crippen LogP contribution in [0, 0.1) is 0 Å². The van der Waals surface area contributed by atoms with E-state index in [1.807, 2.05) is 13.8 Å². The van der Waals surface area contributed by atoms with Gasteiger partial charge in [-0.3, -0.25) is 5.32 Å². The predicted molar refractivity (Wildman–Crippen MR) is 76.8 cm³/mol. The summed E-state index contributed by atoms with van der Waals surface area (Å²) in [4.78, 5) is 23.6. The molecule has 0 spiro atoms. The summed E-state index contributed by atoms with van der Waals surface area (Å²) in [6.45, 7) is 9.13. The fraction of sp³-hybridized carbons (Fsp3) is 0.538. The van der Waals surface area contributed by atoms with Crippen molar-refractivity contribution in [3.05, 3.63) is 17.0 Å². The maximum Gasteiger partial charge on any atom is 0.341 e. The Morgan fingerprint density at radius 3 is 2.47 bits per heavy atom. The number of nitrogens with one attached hydrogen (secondary N) is 2. The molecule has 0 unspecified atom stereocenters. The lowest BCUT2D eigenvalue weighted by Gasteiger charge is -2.19. The zero-order valence-electron chi connectivity index (χ0n) is 11.9. The second kappa shape index (κ2) is 6.06. The first kappa shape index (κ1) is 15.5. The highest BCUT2D eigenvalue weighted by atomic mass is 32.1. The van der Waals surface area contributed by atoms with Crippen LogP contribution in [-0.2, 0) is 4.74 Å². The number of anilines is 1. The lowest BCUT2D eigenvalue weighted by molar-refractivity contribution is 0.00713. The van der Waals surface area contributed by atoms with Gasteiger partial charge in [0, 0.05) is 6.04 Å². The van der Waals surface area contributed by atoms with Gasteiger partial charge in [-0.25, -0.2) is 9.59 Å².